The van der Waals surface area contributed by atoms with Gasteiger partial charge in [0.05, 0.1) is 4.90 Å². The minimum Gasteiger partial charge on any atom is -0.445 e. The molecule has 2 amide bonds. The molecule has 0 unspecified atom stereocenters. The van der Waals surface area contributed by atoms with E-state index in [1.807, 2.05) is 44.2 Å². The van der Waals surface area contributed by atoms with E-state index in [-0.39, 0.29) is 17.4 Å². The van der Waals surface area contributed by atoms with E-state index in [1.165, 1.54) is 10.4 Å². The number of sulfonamides is 1. The number of anilines is 1. The van der Waals surface area contributed by atoms with Crippen LogP contribution in [0.15, 0.2) is 53.4 Å². The minimum atomic E-state index is -3.65. The molecule has 2 atom stereocenters. The largest absolute Gasteiger partial charge is 0.445 e. The van der Waals surface area contributed by atoms with Crippen molar-refractivity contribution in [1.29, 1.82) is 0 Å². The first-order valence-electron chi connectivity index (χ1n) is 12.1. The first kappa shape index (κ1) is 26.7. The molecule has 1 aliphatic rings. The van der Waals surface area contributed by atoms with E-state index < -0.39 is 28.1 Å². The van der Waals surface area contributed by atoms with E-state index in [1.54, 1.807) is 19.1 Å². The normalized spacial score (nSPS) is 16.2. The molecule has 2 aromatic rings. The lowest BCUT2D eigenvalue weighted by Crippen LogP contribution is -2.47. The Labute approximate surface area is 208 Å². The van der Waals surface area contributed by atoms with Gasteiger partial charge in [0.25, 0.3) is 0 Å². The van der Waals surface area contributed by atoms with Crippen LogP contribution in [0.3, 0.4) is 0 Å². The van der Waals surface area contributed by atoms with Crippen molar-refractivity contribution in [2.75, 3.05) is 18.4 Å². The van der Waals surface area contributed by atoms with Crippen molar-refractivity contribution in [1.82, 2.24) is 9.62 Å². The first-order chi connectivity index (χ1) is 16.7. The summed E-state index contributed by atoms with van der Waals surface area (Å²) in [5.41, 5.74) is 1.83. The number of nitrogens with one attached hydrogen (secondary N) is 2. The van der Waals surface area contributed by atoms with Gasteiger partial charge in [-0.3, -0.25) is 4.79 Å². The van der Waals surface area contributed by atoms with Crippen LogP contribution in [0.2, 0.25) is 0 Å². The van der Waals surface area contributed by atoms with Gasteiger partial charge in [-0.1, -0.05) is 63.1 Å². The average molecular weight is 502 g/mol. The van der Waals surface area contributed by atoms with Crippen molar-refractivity contribution in [3.63, 3.8) is 0 Å². The molecule has 0 radical (unpaired) electrons. The minimum absolute atomic E-state index is 0.0944. The SMILES string of the molecule is CC[C@H](C)[C@H](NC(=O)OCc1ccccc1)C(=O)Nc1ccc(C)c(S(=O)(=O)N2CCCCC2)c1. The van der Waals surface area contributed by atoms with E-state index in [4.69, 9.17) is 4.74 Å². The third-order valence-electron chi connectivity index (χ3n) is 6.37. The fraction of sp³-hybridized carbons (Fsp3) is 0.462. The molecule has 9 heteroatoms. The maximum atomic E-state index is 13.2. The lowest BCUT2D eigenvalue weighted by Gasteiger charge is -2.27. The van der Waals surface area contributed by atoms with E-state index in [2.05, 4.69) is 10.6 Å². The van der Waals surface area contributed by atoms with Crippen LogP contribution in [0.25, 0.3) is 0 Å². The standard InChI is InChI=1S/C26H35N3O5S/c1-4-19(2)24(28-26(31)34-18-21-11-7-5-8-12-21)25(30)27-22-14-13-20(3)23(17-22)35(32,33)29-15-9-6-10-16-29/h5,7-8,11-14,17,19,24H,4,6,9-10,15-16,18H2,1-3H3,(H,27,30)(H,28,31)/t19-,24-/m0/s1. The van der Waals surface area contributed by atoms with Crippen molar-refractivity contribution >= 4 is 27.7 Å². The summed E-state index contributed by atoms with van der Waals surface area (Å²) in [6, 6.07) is 13.3. The fourth-order valence-corrected chi connectivity index (χ4v) is 5.78. The lowest BCUT2D eigenvalue weighted by atomic mass is 9.98. The molecule has 8 nitrogen and oxygen atoms in total. The molecule has 190 valence electrons. The maximum Gasteiger partial charge on any atom is 0.408 e. The summed E-state index contributed by atoms with van der Waals surface area (Å²) >= 11 is 0. The number of piperidine rings is 1. The Kier molecular flexibility index (Phi) is 9.28. The molecule has 0 saturated carbocycles. The van der Waals surface area contributed by atoms with Crippen molar-refractivity contribution in [3.05, 3.63) is 59.7 Å². The summed E-state index contributed by atoms with van der Waals surface area (Å²) in [4.78, 5) is 25.7. The lowest BCUT2D eigenvalue weighted by molar-refractivity contribution is -0.119. The Morgan fingerprint density at radius 2 is 1.74 bits per heavy atom. The van der Waals surface area contributed by atoms with Crippen LogP contribution in [0.4, 0.5) is 10.5 Å². The molecular weight excluding hydrogens is 466 g/mol. The van der Waals surface area contributed by atoms with Gasteiger partial charge in [-0.05, 0) is 48.9 Å². The molecule has 1 heterocycles. The predicted molar refractivity (Wildman–Crippen MR) is 135 cm³/mol. The highest BCUT2D eigenvalue weighted by atomic mass is 32.2. The molecule has 2 aromatic carbocycles. The number of aryl methyl sites for hydroxylation is 1. The van der Waals surface area contributed by atoms with Gasteiger partial charge in [-0.15, -0.1) is 0 Å². The summed E-state index contributed by atoms with van der Waals surface area (Å²) in [5.74, 6) is -0.595. The second-order valence-electron chi connectivity index (χ2n) is 9.00. The van der Waals surface area contributed by atoms with Crippen molar-refractivity contribution < 1.29 is 22.7 Å². The van der Waals surface area contributed by atoms with Gasteiger partial charge in [0.15, 0.2) is 0 Å². The highest BCUT2D eigenvalue weighted by Crippen LogP contribution is 2.26. The van der Waals surface area contributed by atoms with Gasteiger partial charge in [-0.2, -0.15) is 4.31 Å². The Bertz CT molecular complexity index is 1120. The zero-order valence-electron chi connectivity index (χ0n) is 20.6. The Hall–Kier alpha value is -2.91. The number of ether oxygens (including phenoxy) is 1. The van der Waals surface area contributed by atoms with E-state index >= 15 is 0 Å². The summed E-state index contributed by atoms with van der Waals surface area (Å²) in [6.45, 7) is 6.64. The molecule has 0 bridgehead atoms. The smallest absolute Gasteiger partial charge is 0.408 e. The fourth-order valence-electron chi connectivity index (χ4n) is 4.01. The predicted octanol–water partition coefficient (Wildman–Crippen LogP) is 4.45. The monoisotopic (exact) mass is 501 g/mol. The summed E-state index contributed by atoms with van der Waals surface area (Å²) in [6.07, 6.45) is 2.68. The van der Waals surface area contributed by atoms with Gasteiger partial charge >= 0.3 is 6.09 Å². The van der Waals surface area contributed by atoms with Crippen LogP contribution in [0.5, 0.6) is 0 Å². The number of hydrogen-bond donors (Lipinski definition) is 2. The van der Waals surface area contributed by atoms with Crippen LogP contribution in [-0.2, 0) is 26.2 Å². The number of carbonyl (C=O) groups excluding carboxylic acids is 2. The van der Waals surface area contributed by atoms with E-state index in [0.717, 1.165) is 24.8 Å². The van der Waals surface area contributed by atoms with Gasteiger partial charge in [0, 0.05) is 18.8 Å². The molecule has 1 fully saturated rings. The number of amides is 2. The number of carbonyl (C=O) groups is 2. The van der Waals surface area contributed by atoms with Crippen molar-refractivity contribution in [2.24, 2.45) is 5.92 Å². The first-order valence-corrected chi connectivity index (χ1v) is 13.5. The quantitative estimate of drug-likeness (QED) is 0.528. The maximum absolute atomic E-state index is 13.2. The van der Waals surface area contributed by atoms with Crippen LogP contribution >= 0.6 is 0 Å². The molecule has 35 heavy (non-hydrogen) atoms. The molecule has 1 aliphatic heterocycles. The number of rotatable bonds is 9. The molecule has 0 spiro atoms. The van der Waals surface area contributed by atoms with Crippen LogP contribution < -0.4 is 10.6 Å². The topological polar surface area (TPSA) is 105 Å². The highest BCUT2D eigenvalue weighted by molar-refractivity contribution is 7.89. The van der Waals surface area contributed by atoms with Crippen LogP contribution in [0, 0.1) is 12.8 Å². The zero-order chi connectivity index (χ0) is 25.4. The highest BCUT2D eigenvalue weighted by Gasteiger charge is 2.29. The number of alkyl carbamates (subject to hydrolysis) is 1. The van der Waals surface area contributed by atoms with Gasteiger partial charge in [0.2, 0.25) is 15.9 Å². The van der Waals surface area contributed by atoms with Gasteiger partial charge in [0.1, 0.15) is 12.6 Å². The van der Waals surface area contributed by atoms with Crippen molar-refractivity contribution in [3.8, 4) is 0 Å². The number of benzene rings is 2. The Morgan fingerprint density at radius 3 is 2.40 bits per heavy atom. The molecule has 2 N–H and O–H groups in total. The van der Waals surface area contributed by atoms with Crippen LogP contribution in [-0.4, -0.2) is 43.9 Å². The van der Waals surface area contributed by atoms with Crippen LogP contribution in [0.1, 0.15) is 50.7 Å². The third kappa shape index (κ3) is 7.05. The summed E-state index contributed by atoms with van der Waals surface area (Å²) in [7, 11) is -3.65. The summed E-state index contributed by atoms with van der Waals surface area (Å²) < 4.78 is 33.2. The Balaban J connectivity index is 1.71. The van der Waals surface area contributed by atoms with E-state index in [9.17, 15) is 18.0 Å². The molecule has 0 aromatic heterocycles. The second kappa shape index (κ2) is 12.2. The number of nitrogens with zero attached hydrogens (tertiary/aromatic N) is 1. The Morgan fingerprint density at radius 1 is 1.06 bits per heavy atom. The average Bonchev–Trinajstić information content (AvgIpc) is 2.87. The summed E-state index contributed by atoms with van der Waals surface area (Å²) in [5, 5.41) is 5.45. The zero-order valence-corrected chi connectivity index (χ0v) is 21.4. The molecular formula is C26H35N3O5S. The third-order valence-corrected chi connectivity index (χ3v) is 8.41. The second-order valence-corrected chi connectivity index (χ2v) is 10.9. The molecule has 0 aliphatic carbocycles. The van der Waals surface area contributed by atoms with E-state index in [0.29, 0.717) is 30.8 Å². The van der Waals surface area contributed by atoms with Crippen molar-refractivity contribution in [2.45, 2.75) is 64.0 Å². The van der Waals surface area contributed by atoms with Gasteiger partial charge in [-0.25, -0.2) is 13.2 Å². The molecule has 1 saturated heterocycles. The molecule has 3 rings (SSSR count). The number of hydrogen-bond acceptors (Lipinski definition) is 5. The van der Waals surface area contributed by atoms with Gasteiger partial charge < -0.3 is 15.4 Å².